The summed E-state index contributed by atoms with van der Waals surface area (Å²) in [6.07, 6.45) is 6.31. The molecule has 0 aliphatic carbocycles. The Morgan fingerprint density at radius 1 is 1.17 bits per heavy atom. The average molecular weight is 346 g/mol. The quantitative estimate of drug-likeness (QED) is 0.726. The molecule has 0 aromatic carbocycles. The Hall–Kier alpha value is -0.660. The molecule has 0 radical (unpaired) electrons. The standard InChI is InChI=1S/C16H31N3O3S/c1-14-6-3-9-18(12-14)10-5-8-17-16(20)15-7-4-11-19(13-15)23(2,21)22/h14-15H,3-13H2,1-2H3,(H,17,20). The van der Waals surface area contributed by atoms with E-state index in [0.717, 1.165) is 31.7 Å². The van der Waals surface area contributed by atoms with Gasteiger partial charge in [0, 0.05) is 26.2 Å². The molecule has 1 N–H and O–H groups in total. The van der Waals surface area contributed by atoms with E-state index in [1.54, 1.807) is 0 Å². The van der Waals surface area contributed by atoms with Crippen LogP contribution in [0.3, 0.4) is 0 Å². The van der Waals surface area contributed by atoms with Crippen LogP contribution in [0.25, 0.3) is 0 Å². The van der Waals surface area contributed by atoms with Gasteiger partial charge < -0.3 is 10.2 Å². The fraction of sp³-hybridized carbons (Fsp3) is 0.938. The number of rotatable bonds is 6. The van der Waals surface area contributed by atoms with Gasteiger partial charge in [-0.15, -0.1) is 0 Å². The first-order valence-corrected chi connectivity index (χ1v) is 10.7. The normalized spacial score (nSPS) is 27.7. The number of likely N-dealkylation sites (tertiary alicyclic amines) is 1. The minimum atomic E-state index is -3.19. The van der Waals surface area contributed by atoms with E-state index in [9.17, 15) is 13.2 Å². The second-order valence-electron chi connectivity index (χ2n) is 7.15. The lowest BCUT2D eigenvalue weighted by atomic mass is 9.99. The number of sulfonamides is 1. The van der Waals surface area contributed by atoms with Crippen molar-refractivity contribution in [2.45, 2.75) is 39.0 Å². The predicted molar refractivity (Wildman–Crippen MR) is 91.6 cm³/mol. The van der Waals surface area contributed by atoms with Crippen LogP contribution in [0.4, 0.5) is 0 Å². The molecular weight excluding hydrogens is 314 g/mol. The van der Waals surface area contributed by atoms with Gasteiger partial charge in [-0.1, -0.05) is 6.92 Å². The fourth-order valence-electron chi connectivity index (χ4n) is 3.61. The molecule has 2 unspecified atom stereocenters. The second kappa shape index (κ2) is 8.44. The molecule has 2 aliphatic heterocycles. The SMILES string of the molecule is CC1CCCN(CCCNC(=O)C2CCCN(S(C)(=O)=O)C2)C1. The highest BCUT2D eigenvalue weighted by atomic mass is 32.2. The van der Waals surface area contributed by atoms with E-state index >= 15 is 0 Å². The molecule has 2 saturated heterocycles. The van der Waals surface area contributed by atoms with Gasteiger partial charge in [0.2, 0.25) is 15.9 Å². The van der Waals surface area contributed by atoms with E-state index in [4.69, 9.17) is 0 Å². The van der Waals surface area contributed by atoms with Crippen LogP contribution in [0.1, 0.15) is 39.0 Å². The first kappa shape index (κ1) is 18.7. The number of hydrogen-bond acceptors (Lipinski definition) is 4. The zero-order chi connectivity index (χ0) is 16.9. The van der Waals surface area contributed by atoms with Crippen LogP contribution in [0, 0.1) is 11.8 Å². The van der Waals surface area contributed by atoms with Crippen molar-refractivity contribution in [3.05, 3.63) is 0 Å². The van der Waals surface area contributed by atoms with Crippen molar-refractivity contribution in [3.8, 4) is 0 Å². The van der Waals surface area contributed by atoms with Crippen molar-refractivity contribution in [2.75, 3.05) is 45.5 Å². The number of hydrogen-bond donors (Lipinski definition) is 1. The third-order valence-electron chi connectivity index (χ3n) is 4.92. The largest absolute Gasteiger partial charge is 0.356 e. The molecule has 0 spiro atoms. The summed E-state index contributed by atoms with van der Waals surface area (Å²) < 4.78 is 24.6. The van der Waals surface area contributed by atoms with E-state index < -0.39 is 10.0 Å². The van der Waals surface area contributed by atoms with Crippen molar-refractivity contribution < 1.29 is 13.2 Å². The van der Waals surface area contributed by atoms with Crippen LogP contribution in [0.15, 0.2) is 0 Å². The monoisotopic (exact) mass is 345 g/mol. The van der Waals surface area contributed by atoms with Crippen molar-refractivity contribution in [2.24, 2.45) is 11.8 Å². The molecule has 0 aromatic rings. The molecule has 2 rings (SSSR count). The summed E-state index contributed by atoms with van der Waals surface area (Å²) >= 11 is 0. The maximum Gasteiger partial charge on any atom is 0.224 e. The maximum atomic E-state index is 12.2. The highest BCUT2D eigenvalue weighted by molar-refractivity contribution is 7.88. The zero-order valence-electron chi connectivity index (χ0n) is 14.5. The summed E-state index contributed by atoms with van der Waals surface area (Å²) in [6.45, 7) is 7.21. The molecule has 1 amide bonds. The molecule has 2 heterocycles. The van der Waals surface area contributed by atoms with Crippen LogP contribution in [0.5, 0.6) is 0 Å². The van der Waals surface area contributed by atoms with Gasteiger partial charge in [0.1, 0.15) is 0 Å². The van der Waals surface area contributed by atoms with Crippen LogP contribution in [0.2, 0.25) is 0 Å². The van der Waals surface area contributed by atoms with Crippen molar-refractivity contribution in [1.29, 1.82) is 0 Å². The highest BCUT2D eigenvalue weighted by Crippen LogP contribution is 2.19. The molecule has 134 valence electrons. The molecule has 2 atom stereocenters. The Balaban J connectivity index is 1.66. The van der Waals surface area contributed by atoms with Crippen molar-refractivity contribution in [1.82, 2.24) is 14.5 Å². The minimum Gasteiger partial charge on any atom is -0.356 e. The lowest BCUT2D eigenvalue weighted by Crippen LogP contribution is -2.45. The number of carbonyl (C=O) groups is 1. The van der Waals surface area contributed by atoms with Gasteiger partial charge in [-0.3, -0.25) is 4.79 Å². The molecule has 7 heteroatoms. The summed E-state index contributed by atoms with van der Waals surface area (Å²) in [5.41, 5.74) is 0. The van der Waals surface area contributed by atoms with Gasteiger partial charge >= 0.3 is 0 Å². The second-order valence-corrected chi connectivity index (χ2v) is 9.14. The first-order valence-electron chi connectivity index (χ1n) is 8.81. The summed E-state index contributed by atoms with van der Waals surface area (Å²) in [5, 5.41) is 2.99. The predicted octanol–water partition coefficient (Wildman–Crippen LogP) is 0.896. The molecular formula is C16H31N3O3S. The first-order chi connectivity index (χ1) is 10.9. The highest BCUT2D eigenvalue weighted by Gasteiger charge is 2.29. The minimum absolute atomic E-state index is 0.00497. The van der Waals surface area contributed by atoms with Crippen LogP contribution >= 0.6 is 0 Å². The third kappa shape index (κ3) is 6.04. The molecule has 0 bridgehead atoms. The number of carbonyl (C=O) groups excluding carboxylic acids is 1. The topological polar surface area (TPSA) is 69.7 Å². The van der Waals surface area contributed by atoms with Gasteiger partial charge in [-0.2, -0.15) is 0 Å². The van der Waals surface area contributed by atoms with E-state index in [1.807, 2.05) is 0 Å². The average Bonchev–Trinajstić information content (AvgIpc) is 2.51. The summed E-state index contributed by atoms with van der Waals surface area (Å²) in [5.74, 6) is 0.585. The van der Waals surface area contributed by atoms with E-state index in [1.165, 1.54) is 36.5 Å². The van der Waals surface area contributed by atoms with Crippen molar-refractivity contribution in [3.63, 3.8) is 0 Å². The van der Waals surface area contributed by atoms with E-state index in [0.29, 0.717) is 19.6 Å². The van der Waals surface area contributed by atoms with Gasteiger partial charge in [0.05, 0.1) is 12.2 Å². The number of amides is 1. The molecule has 0 saturated carbocycles. The smallest absolute Gasteiger partial charge is 0.224 e. The number of nitrogens with zero attached hydrogens (tertiary/aromatic N) is 2. The fourth-order valence-corrected chi connectivity index (χ4v) is 4.52. The maximum absolute atomic E-state index is 12.2. The Kier molecular flexibility index (Phi) is 6.85. The zero-order valence-corrected chi connectivity index (χ0v) is 15.3. The Bertz CT molecular complexity index is 495. The van der Waals surface area contributed by atoms with Gasteiger partial charge in [0.15, 0.2) is 0 Å². The molecule has 0 aromatic heterocycles. The van der Waals surface area contributed by atoms with Gasteiger partial charge in [-0.05, 0) is 51.1 Å². The Labute approximate surface area is 140 Å². The Morgan fingerprint density at radius 3 is 2.61 bits per heavy atom. The van der Waals surface area contributed by atoms with Crippen LogP contribution in [-0.2, 0) is 14.8 Å². The molecule has 2 aliphatic rings. The van der Waals surface area contributed by atoms with Crippen LogP contribution < -0.4 is 5.32 Å². The van der Waals surface area contributed by atoms with E-state index in [2.05, 4.69) is 17.1 Å². The summed E-state index contributed by atoms with van der Waals surface area (Å²) in [7, 11) is -3.19. The lowest BCUT2D eigenvalue weighted by Gasteiger charge is -2.31. The van der Waals surface area contributed by atoms with Gasteiger partial charge in [-0.25, -0.2) is 12.7 Å². The molecule has 6 nitrogen and oxygen atoms in total. The summed E-state index contributed by atoms with van der Waals surface area (Å²) in [6, 6.07) is 0. The van der Waals surface area contributed by atoms with Gasteiger partial charge in [0.25, 0.3) is 0 Å². The van der Waals surface area contributed by atoms with Crippen LogP contribution in [-0.4, -0.2) is 69.1 Å². The molecule has 23 heavy (non-hydrogen) atoms. The Morgan fingerprint density at radius 2 is 1.91 bits per heavy atom. The number of piperidine rings is 2. The lowest BCUT2D eigenvalue weighted by molar-refractivity contribution is -0.126. The van der Waals surface area contributed by atoms with E-state index in [-0.39, 0.29) is 11.8 Å². The number of nitrogens with one attached hydrogen (secondary N) is 1. The summed E-state index contributed by atoms with van der Waals surface area (Å²) in [4.78, 5) is 14.7. The third-order valence-corrected chi connectivity index (χ3v) is 6.19. The van der Waals surface area contributed by atoms with Crippen molar-refractivity contribution >= 4 is 15.9 Å². The molecule has 2 fully saturated rings.